The lowest BCUT2D eigenvalue weighted by molar-refractivity contribution is -0.135. The van der Waals surface area contributed by atoms with Crippen molar-refractivity contribution >= 4 is 33.4 Å². The van der Waals surface area contributed by atoms with Crippen molar-refractivity contribution in [2.24, 2.45) is 5.92 Å². The summed E-state index contributed by atoms with van der Waals surface area (Å²) >= 11 is 1.87. The monoisotopic (exact) mass is 455 g/mol. The van der Waals surface area contributed by atoms with Crippen molar-refractivity contribution in [2.45, 2.75) is 63.6 Å². The lowest BCUT2D eigenvalue weighted by atomic mass is 9.74. The fraction of sp³-hybridized carbons (Fsp3) is 0.600. The number of amides is 3. The average Bonchev–Trinajstić information content (AvgIpc) is 3.50. The van der Waals surface area contributed by atoms with E-state index in [-0.39, 0.29) is 24.0 Å². The van der Waals surface area contributed by atoms with Gasteiger partial charge in [-0.05, 0) is 68.6 Å². The van der Waals surface area contributed by atoms with E-state index in [1.807, 2.05) is 11.3 Å². The quantitative estimate of drug-likeness (QED) is 0.630. The Hall–Kier alpha value is -1.96. The summed E-state index contributed by atoms with van der Waals surface area (Å²) in [6.45, 7) is 6.09. The van der Waals surface area contributed by atoms with Gasteiger partial charge >= 0.3 is 6.03 Å². The fourth-order valence-electron chi connectivity index (χ4n) is 5.77. The number of imide groups is 1. The van der Waals surface area contributed by atoms with E-state index in [4.69, 9.17) is 4.74 Å². The highest BCUT2D eigenvalue weighted by molar-refractivity contribution is 7.19. The van der Waals surface area contributed by atoms with Crippen LogP contribution < -0.4 is 5.32 Å². The van der Waals surface area contributed by atoms with Gasteiger partial charge in [-0.15, -0.1) is 11.3 Å². The van der Waals surface area contributed by atoms with E-state index in [9.17, 15) is 9.59 Å². The Kier molecular flexibility index (Phi) is 6.23. The molecule has 6 nitrogen and oxygen atoms in total. The van der Waals surface area contributed by atoms with Crippen molar-refractivity contribution < 1.29 is 14.3 Å². The van der Waals surface area contributed by atoms with E-state index < -0.39 is 5.54 Å². The van der Waals surface area contributed by atoms with E-state index in [0.717, 1.165) is 58.3 Å². The molecular formula is C25H33N3O3S. The summed E-state index contributed by atoms with van der Waals surface area (Å²) in [5, 5.41) is 4.47. The Morgan fingerprint density at radius 2 is 2.00 bits per heavy atom. The van der Waals surface area contributed by atoms with Crippen LogP contribution in [0.15, 0.2) is 30.3 Å². The number of fused-ring (bicyclic) bond motifs is 1. The normalized spacial score (nSPS) is 27.5. The minimum atomic E-state index is -0.742. The zero-order chi connectivity index (χ0) is 22.1. The van der Waals surface area contributed by atoms with Crippen LogP contribution in [0.3, 0.4) is 0 Å². The molecule has 2 unspecified atom stereocenters. The number of urea groups is 1. The van der Waals surface area contributed by atoms with Crippen LogP contribution in [0.1, 0.15) is 50.3 Å². The molecule has 3 aliphatic heterocycles. The molecule has 3 aliphatic rings. The Labute approximate surface area is 193 Å². The second-order valence-corrected chi connectivity index (χ2v) is 10.7. The predicted molar refractivity (Wildman–Crippen MR) is 127 cm³/mol. The Morgan fingerprint density at radius 1 is 1.19 bits per heavy atom. The van der Waals surface area contributed by atoms with Crippen molar-refractivity contribution in [1.82, 2.24) is 15.1 Å². The van der Waals surface area contributed by atoms with Gasteiger partial charge in [-0.1, -0.05) is 31.5 Å². The Morgan fingerprint density at radius 3 is 2.72 bits per heavy atom. The van der Waals surface area contributed by atoms with Crippen molar-refractivity contribution in [1.29, 1.82) is 0 Å². The van der Waals surface area contributed by atoms with Gasteiger partial charge in [0.05, 0.1) is 12.6 Å². The van der Waals surface area contributed by atoms with Crippen molar-refractivity contribution in [3.63, 3.8) is 0 Å². The first-order valence-electron chi connectivity index (χ1n) is 12.0. The molecule has 3 fully saturated rings. The molecule has 32 heavy (non-hydrogen) atoms. The minimum Gasteiger partial charge on any atom is -0.376 e. The molecule has 1 aromatic heterocycles. The van der Waals surface area contributed by atoms with Crippen LogP contribution in [0.25, 0.3) is 10.1 Å². The highest BCUT2D eigenvalue weighted by Crippen LogP contribution is 2.38. The van der Waals surface area contributed by atoms with Gasteiger partial charge in [0.15, 0.2) is 0 Å². The van der Waals surface area contributed by atoms with Crippen molar-refractivity contribution in [3.05, 3.63) is 35.2 Å². The van der Waals surface area contributed by atoms with Crippen molar-refractivity contribution in [2.75, 3.05) is 26.2 Å². The van der Waals surface area contributed by atoms with Gasteiger partial charge in [0.1, 0.15) is 5.54 Å². The maximum Gasteiger partial charge on any atom is 0.325 e. The third-order valence-corrected chi connectivity index (χ3v) is 8.50. The summed E-state index contributed by atoms with van der Waals surface area (Å²) in [6, 6.07) is 10.6. The van der Waals surface area contributed by atoms with E-state index >= 15 is 0 Å². The van der Waals surface area contributed by atoms with E-state index in [1.165, 1.54) is 19.9 Å². The van der Waals surface area contributed by atoms with Gasteiger partial charge in [-0.3, -0.25) is 14.6 Å². The number of rotatable bonds is 7. The number of hydrogen-bond donors (Lipinski definition) is 1. The van der Waals surface area contributed by atoms with E-state index in [0.29, 0.717) is 13.0 Å². The molecule has 1 N–H and O–H groups in total. The van der Waals surface area contributed by atoms with Crippen LogP contribution in [0.5, 0.6) is 0 Å². The number of piperidine rings is 1. The first-order valence-corrected chi connectivity index (χ1v) is 12.9. The maximum atomic E-state index is 13.6. The van der Waals surface area contributed by atoms with Gasteiger partial charge in [0.2, 0.25) is 0 Å². The highest BCUT2D eigenvalue weighted by Gasteiger charge is 2.55. The molecule has 4 heterocycles. The van der Waals surface area contributed by atoms with Gasteiger partial charge in [0.25, 0.3) is 5.91 Å². The lowest BCUT2D eigenvalue weighted by Gasteiger charge is -2.41. The Bertz CT molecular complexity index is 945. The van der Waals surface area contributed by atoms with E-state index in [2.05, 4.69) is 47.5 Å². The topological polar surface area (TPSA) is 61.9 Å². The van der Waals surface area contributed by atoms with Gasteiger partial charge in [-0.25, -0.2) is 4.79 Å². The SMILES string of the molecule is CCCC1(C2CCN(Cc3cc4ccccc4s3)CC2)NC(=O)N(CC2CCCO2)C1=O. The third kappa shape index (κ3) is 4.06. The second-order valence-electron chi connectivity index (χ2n) is 9.50. The molecule has 0 radical (unpaired) electrons. The summed E-state index contributed by atoms with van der Waals surface area (Å²) in [6.07, 6.45) is 5.38. The molecule has 0 aliphatic carbocycles. The molecule has 0 bridgehead atoms. The number of carbonyl (C=O) groups excluding carboxylic acids is 2. The van der Waals surface area contributed by atoms with Gasteiger partial charge < -0.3 is 10.1 Å². The maximum absolute atomic E-state index is 13.6. The molecule has 5 rings (SSSR count). The largest absolute Gasteiger partial charge is 0.376 e. The first kappa shape index (κ1) is 21.9. The lowest BCUT2D eigenvalue weighted by Crippen LogP contribution is -2.56. The van der Waals surface area contributed by atoms with Crippen LogP contribution in [-0.2, 0) is 16.1 Å². The molecule has 7 heteroatoms. The molecule has 172 valence electrons. The molecule has 2 atom stereocenters. The molecule has 3 amide bonds. The summed E-state index contributed by atoms with van der Waals surface area (Å²) < 4.78 is 7.04. The molecule has 3 saturated heterocycles. The second kappa shape index (κ2) is 9.12. The smallest absolute Gasteiger partial charge is 0.325 e. The summed E-state index contributed by atoms with van der Waals surface area (Å²) in [5.74, 6) is 0.162. The highest BCUT2D eigenvalue weighted by atomic mass is 32.1. The zero-order valence-electron chi connectivity index (χ0n) is 18.8. The standard InChI is InChI=1S/C25H33N3O3S/c1-2-11-25(23(29)28(24(30)26-25)16-20-7-5-14-31-20)19-9-12-27(13-10-19)17-21-15-18-6-3-4-8-22(18)32-21/h3-4,6,8,15,19-20H,2,5,7,9-14,16-17H2,1H3,(H,26,30). The van der Waals surface area contributed by atoms with Crippen LogP contribution >= 0.6 is 11.3 Å². The molecule has 0 spiro atoms. The molecule has 0 saturated carbocycles. The van der Waals surface area contributed by atoms with Crippen LogP contribution in [0, 0.1) is 5.92 Å². The van der Waals surface area contributed by atoms with Crippen LogP contribution in [0.2, 0.25) is 0 Å². The first-order chi connectivity index (χ1) is 15.6. The van der Waals surface area contributed by atoms with E-state index in [1.54, 1.807) is 0 Å². The molecular weight excluding hydrogens is 422 g/mol. The number of thiophene rings is 1. The van der Waals surface area contributed by atoms with Crippen LogP contribution in [0.4, 0.5) is 4.79 Å². The number of likely N-dealkylation sites (tertiary alicyclic amines) is 1. The molecule has 2 aromatic rings. The fourth-order valence-corrected chi connectivity index (χ4v) is 6.87. The predicted octanol–water partition coefficient (Wildman–Crippen LogP) is 4.38. The number of carbonyl (C=O) groups is 2. The Balaban J connectivity index is 1.25. The summed E-state index contributed by atoms with van der Waals surface area (Å²) in [7, 11) is 0. The summed E-state index contributed by atoms with van der Waals surface area (Å²) in [5.41, 5.74) is -0.742. The summed E-state index contributed by atoms with van der Waals surface area (Å²) in [4.78, 5) is 31.7. The minimum absolute atomic E-state index is 0.00900. The third-order valence-electron chi connectivity index (χ3n) is 7.40. The van der Waals surface area contributed by atoms with Gasteiger partial charge in [-0.2, -0.15) is 0 Å². The average molecular weight is 456 g/mol. The van der Waals surface area contributed by atoms with Crippen molar-refractivity contribution in [3.8, 4) is 0 Å². The van der Waals surface area contributed by atoms with Gasteiger partial charge in [0, 0.05) is 22.7 Å². The number of nitrogens with one attached hydrogen (secondary N) is 1. The zero-order valence-corrected chi connectivity index (χ0v) is 19.7. The number of nitrogens with zero attached hydrogens (tertiary/aromatic N) is 2. The number of ether oxygens (including phenoxy) is 1. The number of benzene rings is 1. The van der Waals surface area contributed by atoms with Crippen LogP contribution in [-0.4, -0.2) is 59.6 Å². The molecule has 1 aromatic carbocycles. The number of hydrogen-bond acceptors (Lipinski definition) is 5.